The molecule has 0 aromatic heterocycles. The van der Waals surface area contributed by atoms with Gasteiger partial charge in [0.05, 0.1) is 13.2 Å². The van der Waals surface area contributed by atoms with Gasteiger partial charge in [0.25, 0.3) is 0 Å². The van der Waals surface area contributed by atoms with Crippen molar-refractivity contribution < 1.29 is 9.53 Å². The monoisotopic (exact) mass is 367 g/mol. The summed E-state index contributed by atoms with van der Waals surface area (Å²) in [5.74, 6) is 0.876. The Balaban J connectivity index is 1.41. The number of nitrogens with zero attached hydrogens (tertiary/aromatic N) is 2. The number of unbranched alkanes of at least 4 members (excludes halogenated alkanes) is 1. The lowest BCUT2D eigenvalue weighted by Gasteiger charge is -2.35. The summed E-state index contributed by atoms with van der Waals surface area (Å²) in [5.41, 5.74) is 2.06. The first-order valence-electron chi connectivity index (χ1n) is 9.79. The molecule has 1 N–H and O–H groups in total. The van der Waals surface area contributed by atoms with Crippen LogP contribution in [0.5, 0.6) is 5.75 Å². The number of anilines is 2. The molecule has 3 rings (SSSR count). The van der Waals surface area contributed by atoms with Crippen molar-refractivity contribution >= 4 is 17.3 Å². The summed E-state index contributed by atoms with van der Waals surface area (Å²) in [7, 11) is 0. The summed E-state index contributed by atoms with van der Waals surface area (Å²) in [6, 6.07) is 18.0. The summed E-state index contributed by atoms with van der Waals surface area (Å²) in [6.45, 7) is 6.99. The molecule has 0 unspecified atom stereocenters. The molecule has 1 saturated heterocycles. The van der Waals surface area contributed by atoms with Crippen LogP contribution in [0.25, 0.3) is 0 Å². The Morgan fingerprint density at radius 1 is 1.00 bits per heavy atom. The third-order valence-electron chi connectivity index (χ3n) is 4.77. The van der Waals surface area contributed by atoms with Crippen molar-refractivity contribution in [2.45, 2.75) is 19.8 Å². The molecule has 27 heavy (non-hydrogen) atoms. The summed E-state index contributed by atoms with van der Waals surface area (Å²) < 4.78 is 5.65. The van der Waals surface area contributed by atoms with E-state index >= 15 is 0 Å². The fourth-order valence-electron chi connectivity index (χ4n) is 3.18. The van der Waals surface area contributed by atoms with Crippen molar-refractivity contribution in [2.75, 3.05) is 49.5 Å². The van der Waals surface area contributed by atoms with Crippen molar-refractivity contribution in [3.8, 4) is 5.75 Å². The lowest BCUT2D eigenvalue weighted by atomic mass is 10.2. The highest BCUT2D eigenvalue weighted by Gasteiger charge is 2.19. The van der Waals surface area contributed by atoms with E-state index in [1.807, 2.05) is 30.3 Å². The van der Waals surface area contributed by atoms with E-state index in [4.69, 9.17) is 4.74 Å². The fraction of sp³-hybridized carbons (Fsp3) is 0.409. The second kappa shape index (κ2) is 9.97. The number of hydrogen-bond acceptors (Lipinski definition) is 4. The van der Waals surface area contributed by atoms with E-state index in [1.165, 1.54) is 5.69 Å². The van der Waals surface area contributed by atoms with Crippen LogP contribution < -0.4 is 15.0 Å². The molecule has 0 aliphatic carbocycles. The van der Waals surface area contributed by atoms with E-state index in [2.05, 4.69) is 46.3 Å². The van der Waals surface area contributed by atoms with Gasteiger partial charge in [0.2, 0.25) is 5.91 Å². The van der Waals surface area contributed by atoms with Crippen molar-refractivity contribution in [3.05, 3.63) is 54.6 Å². The molecule has 0 bridgehead atoms. The van der Waals surface area contributed by atoms with Crippen LogP contribution >= 0.6 is 0 Å². The molecule has 0 radical (unpaired) electrons. The zero-order valence-electron chi connectivity index (χ0n) is 16.1. The minimum absolute atomic E-state index is 0.0304. The van der Waals surface area contributed by atoms with Gasteiger partial charge in [-0.05, 0) is 42.8 Å². The SMILES string of the molecule is CCCCOc1ccc(NC(=O)CN2CCN(c3ccccc3)CC2)cc1. The highest BCUT2D eigenvalue weighted by molar-refractivity contribution is 5.92. The zero-order chi connectivity index (χ0) is 18.9. The molecular weight excluding hydrogens is 338 g/mol. The number of nitrogens with one attached hydrogen (secondary N) is 1. The molecule has 1 amide bonds. The number of hydrogen-bond donors (Lipinski definition) is 1. The predicted octanol–water partition coefficient (Wildman–Crippen LogP) is 3.63. The van der Waals surface area contributed by atoms with Gasteiger partial charge in [-0.3, -0.25) is 9.69 Å². The molecular formula is C22H29N3O2. The Kier molecular flexibility index (Phi) is 7.11. The summed E-state index contributed by atoms with van der Waals surface area (Å²) in [5, 5.41) is 2.98. The highest BCUT2D eigenvalue weighted by Crippen LogP contribution is 2.17. The van der Waals surface area contributed by atoms with Gasteiger partial charge in [-0.25, -0.2) is 0 Å². The van der Waals surface area contributed by atoms with Crippen molar-refractivity contribution in [3.63, 3.8) is 0 Å². The van der Waals surface area contributed by atoms with E-state index in [0.717, 1.165) is 57.1 Å². The van der Waals surface area contributed by atoms with Crippen LogP contribution in [0.2, 0.25) is 0 Å². The second-order valence-corrected chi connectivity index (χ2v) is 6.87. The number of ether oxygens (including phenoxy) is 1. The molecule has 1 fully saturated rings. The minimum atomic E-state index is 0.0304. The van der Waals surface area contributed by atoms with Crippen LogP contribution in [0, 0.1) is 0 Å². The van der Waals surface area contributed by atoms with Crippen molar-refractivity contribution in [1.82, 2.24) is 4.90 Å². The topological polar surface area (TPSA) is 44.8 Å². The molecule has 0 saturated carbocycles. The van der Waals surface area contributed by atoms with Gasteiger partial charge in [-0.15, -0.1) is 0 Å². The molecule has 144 valence electrons. The summed E-state index contributed by atoms with van der Waals surface area (Å²) in [6.07, 6.45) is 2.17. The third kappa shape index (κ3) is 6.00. The van der Waals surface area contributed by atoms with Crippen LogP contribution in [0.15, 0.2) is 54.6 Å². The van der Waals surface area contributed by atoms with Crippen LogP contribution in [0.3, 0.4) is 0 Å². The smallest absolute Gasteiger partial charge is 0.238 e. The summed E-state index contributed by atoms with van der Waals surface area (Å²) in [4.78, 5) is 16.9. The van der Waals surface area contributed by atoms with E-state index in [1.54, 1.807) is 0 Å². The Hall–Kier alpha value is -2.53. The Labute approximate surface area is 161 Å². The average molecular weight is 367 g/mol. The van der Waals surface area contributed by atoms with Gasteiger partial charge in [0, 0.05) is 37.6 Å². The number of carbonyl (C=O) groups is 1. The molecule has 1 aliphatic rings. The summed E-state index contributed by atoms with van der Waals surface area (Å²) >= 11 is 0. The quantitative estimate of drug-likeness (QED) is 0.724. The molecule has 2 aromatic rings. The third-order valence-corrected chi connectivity index (χ3v) is 4.77. The van der Waals surface area contributed by atoms with E-state index in [-0.39, 0.29) is 5.91 Å². The normalized spacial score (nSPS) is 14.8. The number of carbonyl (C=O) groups excluding carboxylic acids is 1. The standard InChI is InChI=1S/C22H29N3O2/c1-2-3-17-27-21-11-9-19(10-12-21)23-22(26)18-24-13-15-25(16-14-24)20-7-5-4-6-8-20/h4-12H,2-3,13-18H2,1H3,(H,23,26). The maximum atomic E-state index is 12.3. The molecule has 1 heterocycles. The Bertz CT molecular complexity index is 695. The van der Waals surface area contributed by atoms with Gasteiger partial charge in [0.15, 0.2) is 0 Å². The van der Waals surface area contributed by atoms with Crippen LogP contribution in [0.4, 0.5) is 11.4 Å². The lowest BCUT2D eigenvalue weighted by molar-refractivity contribution is -0.117. The predicted molar refractivity (Wildman–Crippen MR) is 111 cm³/mol. The van der Waals surface area contributed by atoms with Gasteiger partial charge < -0.3 is 15.0 Å². The van der Waals surface area contributed by atoms with Gasteiger partial charge in [-0.1, -0.05) is 31.5 Å². The lowest BCUT2D eigenvalue weighted by Crippen LogP contribution is -2.48. The number of rotatable bonds is 8. The number of para-hydroxylation sites is 1. The first-order valence-corrected chi connectivity index (χ1v) is 9.79. The molecule has 1 aliphatic heterocycles. The second-order valence-electron chi connectivity index (χ2n) is 6.87. The molecule has 0 atom stereocenters. The van der Waals surface area contributed by atoms with Crippen LogP contribution in [-0.2, 0) is 4.79 Å². The molecule has 0 spiro atoms. The van der Waals surface area contributed by atoms with Crippen LogP contribution in [0.1, 0.15) is 19.8 Å². The first kappa shape index (κ1) is 19.2. The van der Waals surface area contributed by atoms with E-state index in [9.17, 15) is 4.79 Å². The fourth-order valence-corrected chi connectivity index (χ4v) is 3.18. The molecule has 2 aromatic carbocycles. The van der Waals surface area contributed by atoms with Gasteiger partial charge in [0.1, 0.15) is 5.75 Å². The minimum Gasteiger partial charge on any atom is -0.494 e. The van der Waals surface area contributed by atoms with Crippen molar-refractivity contribution in [1.29, 1.82) is 0 Å². The van der Waals surface area contributed by atoms with Crippen LogP contribution in [-0.4, -0.2) is 50.1 Å². The molecule has 5 nitrogen and oxygen atoms in total. The largest absolute Gasteiger partial charge is 0.494 e. The number of amides is 1. The van der Waals surface area contributed by atoms with E-state index in [0.29, 0.717) is 6.54 Å². The maximum absolute atomic E-state index is 12.3. The Morgan fingerprint density at radius 2 is 1.70 bits per heavy atom. The van der Waals surface area contributed by atoms with Crippen molar-refractivity contribution in [2.24, 2.45) is 0 Å². The van der Waals surface area contributed by atoms with Gasteiger partial charge in [-0.2, -0.15) is 0 Å². The Morgan fingerprint density at radius 3 is 2.37 bits per heavy atom. The number of benzene rings is 2. The zero-order valence-corrected chi connectivity index (χ0v) is 16.1. The van der Waals surface area contributed by atoms with E-state index < -0.39 is 0 Å². The average Bonchev–Trinajstić information content (AvgIpc) is 2.71. The maximum Gasteiger partial charge on any atom is 0.238 e. The highest BCUT2D eigenvalue weighted by atomic mass is 16.5. The molecule has 5 heteroatoms. The van der Waals surface area contributed by atoms with Gasteiger partial charge >= 0.3 is 0 Å². The number of piperazine rings is 1. The first-order chi connectivity index (χ1) is 13.2.